The van der Waals surface area contributed by atoms with Crippen LogP contribution in [0.5, 0.6) is 0 Å². The highest BCUT2D eigenvalue weighted by Crippen LogP contribution is 2.12. The normalized spacial score (nSPS) is 8.90. The third-order valence-electron chi connectivity index (χ3n) is 1.09. The SMILES string of the molecule is C#Cc1ccc(Cl)cc1F. The first kappa shape index (κ1) is 7.11. The van der Waals surface area contributed by atoms with Crippen molar-refractivity contribution < 1.29 is 4.39 Å². The third kappa shape index (κ3) is 1.29. The van der Waals surface area contributed by atoms with Crippen LogP contribution in [0.15, 0.2) is 18.2 Å². The summed E-state index contributed by atoms with van der Waals surface area (Å²) in [5, 5.41) is 0.358. The van der Waals surface area contributed by atoms with E-state index < -0.39 is 5.82 Å². The Labute approximate surface area is 63.6 Å². The fraction of sp³-hybridized carbons (Fsp3) is 0. The van der Waals surface area contributed by atoms with Crippen LogP contribution in [0, 0.1) is 18.2 Å². The maximum Gasteiger partial charge on any atom is 0.140 e. The Bertz CT molecular complexity index is 286. The highest BCUT2D eigenvalue weighted by Gasteiger charge is 1.97. The Balaban J connectivity index is 3.23. The Kier molecular flexibility index (Phi) is 1.94. The Morgan fingerprint density at radius 2 is 2.20 bits per heavy atom. The number of halogens is 2. The van der Waals surface area contributed by atoms with Crippen LogP contribution in [0.25, 0.3) is 0 Å². The summed E-state index contributed by atoms with van der Waals surface area (Å²) >= 11 is 5.47. The van der Waals surface area contributed by atoms with Crippen molar-refractivity contribution >= 4 is 11.6 Å². The molecule has 2 heteroatoms. The summed E-state index contributed by atoms with van der Waals surface area (Å²) in [6.45, 7) is 0. The molecule has 0 saturated heterocycles. The van der Waals surface area contributed by atoms with E-state index >= 15 is 0 Å². The van der Waals surface area contributed by atoms with Gasteiger partial charge in [0, 0.05) is 5.02 Å². The van der Waals surface area contributed by atoms with Crippen molar-refractivity contribution in [3.63, 3.8) is 0 Å². The summed E-state index contributed by atoms with van der Waals surface area (Å²) in [5.41, 5.74) is 0.240. The van der Waals surface area contributed by atoms with Crippen molar-refractivity contribution in [2.24, 2.45) is 0 Å². The van der Waals surface area contributed by atoms with Gasteiger partial charge in [0.05, 0.1) is 5.56 Å². The molecule has 1 aromatic rings. The first-order valence-corrected chi connectivity index (χ1v) is 3.03. The summed E-state index contributed by atoms with van der Waals surface area (Å²) in [4.78, 5) is 0. The quantitative estimate of drug-likeness (QED) is 0.504. The fourth-order valence-electron chi connectivity index (χ4n) is 0.607. The second kappa shape index (κ2) is 2.72. The van der Waals surface area contributed by atoms with Crippen molar-refractivity contribution in [3.8, 4) is 12.3 Å². The zero-order chi connectivity index (χ0) is 7.56. The van der Waals surface area contributed by atoms with Crippen LogP contribution >= 0.6 is 11.6 Å². The molecule has 0 atom stereocenters. The summed E-state index contributed by atoms with van der Waals surface area (Å²) in [6, 6.07) is 4.22. The average molecular weight is 155 g/mol. The molecule has 0 radical (unpaired) electrons. The third-order valence-corrected chi connectivity index (χ3v) is 1.32. The van der Waals surface area contributed by atoms with Gasteiger partial charge in [-0.2, -0.15) is 0 Å². The summed E-state index contributed by atoms with van der Waals surface area (Å²) < 4.78 is 12.6. The molecule has 10 heavy (non-hydrogen) atoms. The molecule has 0 amide bonds. The second-order valence-corrected chi connectivity index (χ2v) is 2.20. The van der Waals surface area contributed by atoms with Crippen molar-refractivity contribution in [1.29, 1.82) is 0 Å². The summed E-state index contributed by atoms with van der Waals surface area (Å²) in [6.07, 6.45) is 4.97. The predicted molar refractivity (Wildman–Crippen MR) is 39.3 cm³/mol. The predicted octanol–water partition coefficient (Wildman–Crippen LogP) is 2.46. The lowest BCUT2D eigenvalue weighted by Gasteiger charge is -1.92. The van der Waals surface area contributed by atoms with Gasteiger partial charge in [-0.25, -0.2) is 4.39 Å². The maximum absolute atomic E-state index is 12.6. The van der Waals surface area contributed by atoms with E-state index in [-0.39, 0.29) is 5.56 Å². The van der Waals surface area contributed by atoms with Gasteiger partial charge < -0.3 is 0 Å². The average Bonchev–Trinajstić information content (AvgIpc) is 1.88. The molecule has 0 nitrogen and oxygen atoms in total. The Morgan fingerprint density at radius 1 is 1.50 bits per heavy atom. The lowest BCUT2D eigenvalue weighted by Crippen LogP contribution is -1.80. The molecule has 50 valence electrons. The van der Waals surface area contributed by atoms with Gasteiger partial charge in [0.25, 0.3) is 0 Å². The van der Waals surface area contributed by atoms with E-state index in [1.54, 1.807) is 6.07 Å². The molecular weight excluding hydrogens is 151 g/mol. The van der Waals surface area contributed by atoms with E-state index in [0.717, 1.165) is 0 Å². The molecule has 0 spiro atoms. The first-order chi connectivity index (χ1) is 4.74. The van der Waals surface area contributed by atoms with E-state index in [9.17, 15) is 4.39 Å². The van der Waals surface area contributed by atoms with Crippen LogP contribution in [0.2, 0.25) is 5.02 Å². The van der Waals surface area contributed by atoms with Gasteiger partial charge >= 0.3 is 0 Å². The standard InChI is InChI=1S/C8H4ClF/c1-2-6-3-4-7(9)5-8(6)10/h1,3-5H. The van der Waals surface area contributed by atoms with E-state index in [4.69, 9.17) is 18.0 Å². The van der Waals surface area contributed by atoms with Crippen LogP contribution in [-0.4, -0.2) is 0 Å². The molecule has 0 heterocycles. The minimum absolute atomic E-state index is 0.240. The maximum atomic E-state index is 12.6. The van der Waals surface area contributed by atoms with Gasteiger partial charge in [-0.05, 0) is 18.2 Å². The van der Waals surface area contributed by atoms with Crippen LogP contribution < -0.4 is 0 Å². The monoisotopic (exact) mass is 154 g/mol. The van der Waals surface area contributed by atoms with Gasteiger partial charge in [0.1, 0.15) is 5.82 Å². The second-order valence-electron chi connectivity index (χ2n) is 1.77. The van der Waals surface area contributed by atoms with E-state index in [0.29, 0.717) is 5.02 Å². The minimum Gasteiger partial charge on any atom is -0.206 e. The van der Waals surface area contributed by atoms with Gasteiger partial charge in [-0.1, -0.05) is 17.5 Å². The number of rotatable bonds is 0. The summed E-state index contributed by atoms with van der Waals surface area (Å²) in [5.74, 6) is 1.74. The molecule has 0 bridgehead atoms. The topological polar surface area (TPSA) is 0 Å². The van der Waals surface area contributed by atoms with Crippen molar-refractivity contribution in [2.75, 3.05) is 0 Å². The smallest absolute Gasteiger partial charge is 0.140 e. The van der Waals surface area contributed by atoms with Crippen molar-refractivity contribution in [1.82, 2.24) is 0 Å². The van der Waals surface area contributed by atoms with Crippen LogP contribution in [0.4, 0.5) is 4.39 Å². The number of benzene rings is 1. The van der Waals surface area contributed by atoms with Gasteiger partial charge in [-0.3, -0.25) is 0 Å². The fourth-order valence-corrected chi connectivity index (χ4v) is 0.765. The molecule has 1 rings (SSSR count). The van der Waals surface area contributed by atoms with Gasteiger partial charge in [-0.15, -0.1) is 6.42 Å². The lowest BCUT2D eigenvalue weighted by atomic mass is 10.2. The van der Waals surface area contributed by atoms with E-state index in [1.165, 1.54) is 12.1 Å². The zero-order valence-corrected chi connectivity index (χ0v) is 5.82. The molecule has 0 aliphatic heterocycles. The molecule has 0 unspecified atom stereocenters. The molecular formula is C8H4ClF. The van der Waals surface area contributed by atoms with Crippen LogP contribution in [-0.2, 0) is 0 Å². The van der Waals surface area contributed by atoms with E-state index in [2.05, 4.69) is 5.92 Å². The molecule has 0 aliphatic carbocycles. The number of hydrogen-bond acceptors (Lipinski definition) is 0. The molecule has 0 fully saturated rings. The molecule has 0 aliphatic rings. The molecule has 0 saturated carbocycles. The number of terminal acetylenes is 1. The molecule has 1 aromatic carbocycles. The lowest BCUT2D eigenvalue weighted by molar-refractivity contribution is 0.624. The summed E-state index contributed by atoms with van der Waals surface area (Å²) in [7, 11) is 0. The van der Waals surface area contributed by atoms with Crippen LogP contribution in [0.1, 0.15) is 5.56 Å². The molecule has 0 aromatic heterocycles. The Morgan fingerprint density at radius 3 is 2.70 bits per heavy atom. The highest BCUT2D eigenvalue weighted by molar-refractivity contribution is 6.30. The Hall–Kier alpha value is -1.00. The van der Waals surface area contributed by atoms with Gasteiger partial charge in [0.15, 0.2) is 0 Å². The van der Waals surface area contributed by atoms with Crippen molar-refractivity contribution in [2.45, 2.75) is 0 Å². The van der Waals surface area contributed by atoms with Crippen molar-refractivity contribution in [3.05, 3.63) is 34.6 Å². The largest absolute Gasteiger partial charge is 0.206 e. The highest BCUT2D eigenvalue weighted by atomic mass is 35.5. The zero-order valence-electron chi connectivity index (χ0n) is 5.07. The molecule has 0 N–H and O–H groups in total. The number of hydrogen-bond donors (Lipinski definition) is 0. The van der Waals surface area contributed by atoms with Crippen LogP contribution in [0.3, 0.4) is 0 Å². The van der Waals surface area contributed by atoms with E-state index in [1.807, 2.05) is 0 Å². The first-order valence-electron chi connectivity index (χ1n) is 2.65. The van der Waals surface area contributed by atoms with Gasteiger partial charge in [0.2, 0.25) is 0 Å². The minimum atomic E-state index is -0.449.